The molecular formula is C29H30N6O. The number of hydrogen-bond acceptors (Lipinski definition) is 4. The SMILES string of the molecule is CCC(C)c1cn(CCc2ccccc2)c(=O)n1Cc1ccc(-c2ccccc2-c2nn[nH]n2)cc1. The normalized spacial score (nSPS) is 12.1. The first-order valence-electron chi connectivity index (χ1n) is 12.4. The minimum Gasteiger partial charge on any atom is -0.299 e. The molecule has 7 heteroatoms. The van der Waals surface area contributed by atoms with E-state index in [0.717, 1.165) is 40.8 Å². The van der Waals surface area contributed by atoms with Gasteiger partial charge < -0.3 is 0 Å². The van der Waals surface area contributed by atoms with Crippen molar-refractivity contribution in [2.45, 2.75) is 45.7 Å². The van der Waals surface area contributed by atoms with Gasteiger partial charge >= 0.3 is 5.69 Å². The molecule has 36 heavy (non-hydrogen) atoms. The number of hydrogen-bond donors (Lipinski definition) is 1. The zero-order valence-corrected chi connectivity index (χ0v) is 20.6. The number of aromatic nitrogens is 6. The number of aromatic amines is 1. The van der Waals surface area contributed by atoms with Crippen molar-refractivity contribution in [1.82, 2.24) is 29.8 Å². The molecule has 5 rings (SSSR count). The average Bonchev–Trinajstić information content (AvgIpc) is 3.57. The van der Waals surface area contributed by atoms with Crippen LogP contribution in [-0.2, 0) is 19.5 Å². The molecule has 1 N–H and O–H groups in total. The van der Waals surface area contributed by atoms with Gasteiger partial charge in [0, 0.05) is 24.0 Å². The highest BCUT2D eigenvalue weighted by Crippen LogP contribution is 2.30. The van der Waals surface area contributed by atoms with Crippen molar-refractivity contribution in [1.29, 1.82) is 0 Å². The highest BCUT2D eigenvalue weighted by atomic mass is 16.1. The highest BCUT2D eigenvalue weighted by Gasteiger charge is 2.17. The Balaban J connectivity index is 1.40. The molecule has 0 amide bonds. The molecule has 7 nitrogen and oxygen atoms in total. The van der Waals surface area contributed by atoms with Crippen LogP contribution in [0.2, 0.25) is 0 Å². The molecule has 1 atom stereocenters. The Hall–Kier alpha value is -4.26. The van der Waals surface area contributed by atoms with Gasteiger partial charge in [0.15, 0.2) is 0 Å². The first kappa shape index (κ1) is 23.5. The molecule has 3 aromatic carbocycles. The third kappa shape index (κ3) is 4.91. The molecule has 0 radical (unpaired) electrons. The molecule has 0 spiro atoms. The number of imidazole rings is 1. The number of benzene rings is 3. The van der Waals surface area contributed by atoms with Crippen molar-refractivity contribution in [3.8, 4) is 22.5 Å². The van der Waals surface area contributed by atoms with Crippen LogP contribution in [0.15, 0.2) is 89.9 Å². The topological polar surface area (TPSA) is 81.4 Å². The molecule has 0 bridgehead atoms. The van der Waals surface area contributed by atoms with Crippen LogP contribution in [0.4, 0.5) is 0 Å². The van der Waals surface area contributed by atoms with Crippen molar-refractivity contribution in [3.05, 3.63) is 112 Å². The van der Waals surface area contributed by atoms with Crippen molar-refractivity contribution in [3.63, 3.8) is 0 Å². The summed E-state index contributed by atoms with van der Waals surface area (Å²) in [5, 5.41) is 14.5. The lowest BCUT2D eigenvalue weighted by Gasteiger charge is -2.13. The molecule has 0 aliphatic rings. The molecule has 5 aromatic rings. The zero-order valence-electron chi connectivity index (χ0n) is 20.6. The van der Waals surface area contributed by atoms with E-state index in [1.54, 1.807) is 0 Å². The summed E-state index contributed by atoms with van der Waals surface area (Å²) in [5.41, 5.74) is 6.48. The first-order chi connectivity index (χ1) is 17.6. The lowest BCUT2D eigenvalue weighted by molar-refractivity contribution is 0.609. The van der Waals surface area contributed by atoms with Crippen LogP contribution in [0.25, 0.3) is 22.5 Å². The van der Waals surface area contributed by atoms with Gasteiger partial charge in [-0.1, -0.05) is 92.7 Å². The van der Waals surface area contributed by atoms with E-state index in [9.17, 15) is 4.79 Å². The molecule has 0 fully saturated rings. The van der Waals surface area contributed by atoms with Gasteiger partial charge in [-0.25, -0.2) is 4.79 Å². The molecule has 182 valence electrons. The van der Waals surface area contributed by atoms with E-state index in [-0.39, 0.29) is 5.69 Å². The Labute approximate surface area is 210 Å². The van der Waals surface area contributed by atoms with Gasteiger partial charge in [0.1, 0.15) is 0 Å². The standard InChI is InChI=1S/C29H30N6O/c1-3-21(2)27-20-34(18-17-22-9-5-4-6-10-22)29(36)35(27)19-23-13-15-24(16-14-23)25-11-7-8-12-26(25)28-30-32-33-31-28/h4-16,20-21H,3,17-19H2,1-2H3,(H,30,31,32,33). The van der Waals surface area contributed by atoms with Crippen molar-refractivity contribution < 1.29 is 0 Å². The van der Waals surface area contributed by atoms with Gasteiger partial charge in [-0.15, -0.1) is 10.2 Å². The van der Waals surface area contributed by atoms with E-state index in [1.807, 2.05) is 45.5 Å². The maximum absolute atomic E-state index is 13.4. The Bertz CT molecular complexity index is 1470. The second kappa shape index (κ2) is 10.6. The third-order valence-corrected chi connectivity index (χ3v) is 6.80. The van der Waals surface area contributed by atoms with Crippen molar-refractivity contribution >= 4 is 0 Å². The molecule has 0 aliphatic carbocycles. The van der Waals surface area contributed by atoms with Gasteiger partial charge in [-0.2, -0.15) is 5.21 Å². The van der Waals surface area contributed by atoms with E-state index in [4.69, 9.17) is 0 Å². The number of H-pyrrole nitrogens is 1. The predicted molar refractivity (Wildman–Crippen MR) is 142 cm³/mol. The van der Waals surface area contributed by atoms with Crippen LogP contribution < -0.4 is 5.69 Å². The molecule has 1 unspecified atom stereocenters. The number of tetrazole rings is 1. The first-order valence-corrected chi connectivity index (χ1v) is 12.4. The van der Waals surface area contributed by atoms with Crippen LogP contribution >= 0.6 is 0 Å². The Morgan fingerprint density at radius 1 is 0.889 bits per heavy atom. The fourth-order valence-electron chi connectivity index (χ4n) is 4.54. The lowest BCUT2D eigenvalue weighted by Crippen LogP contribution is -2.26. The Morgan fingerprint density at radius 3 is 2.31 bits per heavy atom. The predicted octanol–water partition coefficient (Wildman–Crippen LogP) is 5.30. The highest BCUT2D eigenvalue weighted by molar-refractivity contribution is 5.80. The van der Waals surface area contributed by atoms with Gasteiger partial charge in [0.05, 0.1) is 6.54 Å². The summed E-state index contributed by atoms with van der Waals surface area (Å²) >= 11 is 0. The van der Waals surface area contributed by atoms with Crippen LogP contribution in [0.1, 0.15) is 43.0 Å². The van der Waals surface area contributed by atoms with E-state index in [2.05, 4.69) is 83.1 Å². The Kier molecular flexibility index (Phi) is 6.89. The summed E-state index contributed by atoms with van der Waals surface area (Å²) in [7, 11) is 0. The molecule has 0 saturated heterocycles. The van der Waals surface area contributed by atoms with Gasteiger partial charge in [0.2, 0.25) is 5.82 Å². The number of nitrogens with one attached hydrogen (secondary N) is 1. The Morgan fingerprint density at radius 2 is 1.61 bits per heavy atom. The second-order valence-electron chi connectivity index (χ2n) is 9.14. The average molecular weight is 479 g/mol. The number of nitrogens with zero attached hydrogens (tertiary/aromatic N) is 5. The van der Waals surface area contributed by atoms with Crippen LogP contribution in [0.5, 0.6) is 0 Å². The maximum Gasteiger partial charge on any atom is 0.328 e. The number of aryl methyl sites for hydroxylation is 2. The van der Waals surface area contributed by atoms with Gasteiger partial charge in [0.25, 0.3) is 0 Å². The van der Waals surface area contributed by atoms with Crippen molar-refractivity contribution in [2.24, 2.45) is 0 Å². The van der Waals surface area contributed by atoms with Crippen molar-refractivity contribution in [2.75, 3.05) is 0 Å². The molecular weight excluding hydrogens is 448 g/mol. The summed E-state index contributed by atoms with van der Waals surface area (Å²) < 4.78 is 3.80. The van der Waals surface area contributed by atoms with Crippen LogP contribution in [0, 0.1) is 0 Å². The summed E-state index contributed by atoms with van der Waals surface area (Å²) in [5.74, 6) is 0.869. The summed E-state index contributed by atoms with van der Waals surface area (Å²) in [6.07, 6.45) is 3.86. The largest absolute Gasteiger partial charge is 0.328 e. The molecule has 0 saturated carbocycles. The van der Waals surface area contributed by atoms with Gasteiger partial charge in [-0.05, 0) is 46.2 Å². The third-order valence-electron chi connectivity index (χ3n) is 6.80. The summed E-state index contributed by atoms with van der Waals surface area (Å²) in [6, 6.07) is 26.7. The molecule has 0 aliphatic heterocycles. The second-order valence-corrected chi connectivity index (χ2v) is 9.14. The minimum absolute atomic E-state index is 0.0489. The van der Waals surface area contributed by atoms with E-state index in [1.165, 1.54) is 5.56 Å². The number of rotatable bonds is 9. The van der Waals surface area contributed by atoms with E-state index in [0.29, 0.717) is 24.8 Å². The minimum atomic E-state index is 0.0489. The monoisotopic (exact) mass is 478 g/mol. The fraction of sp³-hybridized carbons (Fsp3) is 0.241. The summed E-state index contributed by atoms with van der Waals surface area (Å²) in [4.78, 5) is 13.4. The smallest absolute Gasteiger partial charge is 0.299 e. The van der Waals surface area contributed by atoms with Gasteiger partial charge in [-0.3, -0.25) is 9.13 Å². The van der Waals surface area contributed by atoms with E-state index < -0.39 is 0 Å². The zero-order chi connectivity index (χ0) is 24.9. The fourth-order valence-corrected chi connectivity index (χ4v) is 4.54. The molecule has 2 aromatic heterocycles. The molecule has 2 heterocycles. The maximum atomic E-state index is 13.4. The van der Waals surface area contributed by atoms with E-state index >= 15 is 0 Å². The van der Waals surface area contributed by atoms with Crippen LogP contribution in [-0.4, -0.2) is 29.8 Å². The quantitative estimate of drug-likeness (QED) is 0.312. The van der Waals surface area contributed by atoms with Crippen LogP contribution in [0.3, 0.4) is 0 Å². The summed E-state index contributed by atoms with van der Waals surface area (Å²) in [6.45, 7) is 5.57. The lowest BCUT2D eigenvalue weighted by atomic mass is 9.98.